The summed E-state index contributed by atoms with van der Waals surface area (Å²) in [5.41, 5.74) is 1.19. The average molecular weight is 264 g/mol. The molecule has 1 heterocycles. The number of likely N-dealkylation sites (N-methyl/N-ethyl adjacent to an activating group) is 1. The first-order valence-corrected chi connectivity index (χ1v) is 6.27. The highest BCUT2D eigenvalue weighted by Gasteiger charge is 2.34. The Morgan fingerprint density at radius 3 is 2.32 bits per heavy atom. The summed E-state index contributed by atoms with van der Waals surface area (Å²) >= 11 is 0. The Labute approximate surface area is 113 Å². The van der Waals surface area contributed by atoms with Gasteiger partial charge in [-0.05, 0) is 44.0 Å². The summed E-state index contributed by atoms with van der Waals surface area (Å²) in [6.07, 6.45) is 0. The molecule has 5 nitrogen and oxygen atoms in total. The van der Waals surface area contributed by atoms with E-state index >= 15 is 0 Å². The first kappa shape index (κ1) is 13.7. The average Bonchev–Trinajstić information content (AvgIpc) is 2.36. The minimum absolute atomic E-state index is 0.146. The topological polar surface area (TPSA) is 64.8 Å². The van der Waals surface area contributed by atoms with Gasteiger partial charge >= 0.3 is 0 Å². The van der Waals surface area contributed by atoms with Crippen LogP contribution in [0.15, 0.2) is 12.1 Å². The van der Waals surface area contributed by atoms with Crippen LogP contribution in [0.2, 0.25) is 0 Å². The minimum Gasteiger partial charge on any atom is -0.486 e. The fraction of sp³-hybridized carbons (Fsp3) is 0.500. The van der Waals surface area contributed by atoms with Crippen molar-refractivity contribution in [3.63, 3.8) is 0 Å². The van der Waals surface area contributed by atoms with Crippen molar-refractivity contribution in [1.29, 1.82) is 0 Å². The van der Waals surface area contributed by atoms with Gasteiger partial charge in [-0.2, -0.15) is 0 Å². The van der Waals surface area contributed by atoms with Crippen LogP contribution in [-0.2, 0) is 10.2 Å². The Morgan fingerprint density at radius 1 is 1.26 bits per heavy atom. The van der Waals surface area contributed by atoms with Crippen molar-refractivity contribution in [3.8, 4) is 11.5 Å². The molecule has 0 saturated heterocycles. The molecule has 19 heavy (non-hydrogen) atoms. The highest BCUT2D eigenvalue weighted by molar-refractivity contribution is 5.87. The van der Waals surface area contributed by atoms with Crippen molar-refractivity contribution < 1.29 is 14.3 Å². The van der Waals surface area contributed by atoms with Gasteiger partial charge in [0.25, 0.3) is 0 Å². The lowest BCUT2D eigenvalue weighted by molar-refractivity contribution is -0.135. The van der Waals surface area contributed by atoms with Gasteiger partial charge in [0.2, 0.25) is 5.91 Å². The largest absolute Gasteiger partial charge is 0.486 e. The zero-order valence-corrected chi connectivity index (χ0v) is 11.8. The van der Waals surface area contributed by atoms with E-state index in [1.54, 1.807) is 7.05 Å². The van der Waals surface area contributed by atoms with Crippen LogP contribution in [0.4, 0.5) is 0 Å². The van der Waals surface area contributed by atoms with E-state index < -0.39 is 5.41 Å². The fourth-order valence-corrected chi connectivity index (χ4v) is 2.42. The standard InChI is InChI=1S/C14H20N2O3/c1-9-7-11-12(19-6-5-18-11)8-10(9)14(2,3)13(17)16(4)15/h7-8H,5-6,15H2,1-4H3. The number of aryl methyl sites for hydroxylation is 1. The normalized spacial score (nSPS) is 14.2. The molecule has 0 aromatic heterocycles. The highest BCUT2D eigenvalue weighted by Crippen LogP contribution is 2.38. The smallest absolute Gasteiger partial charge is 0.246 e. The molecule has 2 N–H and O–H groups in total. The molecule has 0 fully saturated rings. The molecule has 0 bridgehead atoms. The molecule has 0 spiro atoms. The zero-order valence-electron chi connectivity index (χ0n) is 11.8. The number of rotatable bonds is 2. The molecule has 1 aliphatic heterocycles. The summed E-state index contributed by atoms with van der Waals surface area (Å²) in [6.45, 7) is 6.76. The van der Waals surface area contributed by atoms with Gasteiger partial charge < -0.3 is 9.47 Å². The van der Waals surface area contributed by atoms with Gasteiger partial charge in [0, 0.05) is 7.05 Å². The van der Waals surface area contributed by atoms with Crippen LogP contribution >= 0.6 is 0 Å². The summed E-state index contributed by atoms with van der Waals surface area (Å²) in [5.74, 6) is 6.85. The van der Waals surface area contributed by atoms with Crippen LogP contribution in [-0.4, -0.2) is 31.2 Å². The molecule has 5 heteroatoms. The Hall–Kier alpha value is -1.75. The molecular weight excluding hydrogens is 244 g/mol. The van der Waals surface area contributed by atoms with Gasteiger partial charge in [-0.15, -0.1) is 0 Å². The Balaban J connectivity index is 2.47. The Morgan fingerprint density at radius 2 is 1.79 bits per heavy atom. The van der Waals surface area contributed by atoms with Crippen molar-refractivity contribution in [2.45, 2.75) is 26.2 Å². The molecule has 0 radical (unpaired) electrons. The van der Waals surface area contributed by atoms with E-state index in [1.807, 2.05) is 32.9 Å². The van der Waals surface area contributed by atoms with Crippen LogP contribution in [0, 0.1) is 6.92 Å². The number of amides is 1. The van der Waals surface area contributed by atoms with Crippen molar-refractivity contribution in [2.75, 3.05) is 20.3 Å². The quantitative estimate of drug-likeness (QED) is 0.498. The van der Waals surface area contributed by atoms with E-state index in [1.165, 1.54) is 0 Å². The van der Waals surface area contributed by atoms with E-state index in [4.69, 9.17) is 15.3 Å². The predicted molar refractivity (Wildman–Crippen MR) is 72.2 cm³/mol. The maximum Gasteiger partial charge on any atom is 0.246 e. The molecule has 0 unspecified atom stereocenters. The molecule has 0 aliphatic carbocycles. The maximum absolute atomic E-state index is 12.2. The number of carbonyl (C=O) groups excluding carboxylic acids is 1. The second kappa shape index (κ2) is 4.74. The number of nitrogens with zero attached hydrogens (tertiary/aromatic N) is 1. The third kappa shape index (κ3) is 2.38. The van der Waals surface area contributed by atoms with Crippen LogP contribution in [0.25, 0.3) is 0 Å². The fourth-order valence-electron chi connectivity index (χ4n) is 2.42. The van der Waals surface area contributed by atoms with Crippen LogP contribution in [0.1, 0.15) is 25.0 Å². The van der Waals surface area contributed by atoms with Gasteiger partial charge in [0.05, 0.1) is 5.41 Å². The second-order valence-corrected chi connectivity index (χ2v) is 5.35. The van der Waals surface area contributed by atoms with Crippen molar-refractivity contribution in [3.05, 3.63) is 23.3 Å². The Bertz CT molecular complexity index is 510. The third-order valence-electron chi connectivity index (χ3n) is 3.42. The monoisotopic (exact) mass is 264 g/mol. The van der Waals surface area contributed by atoms with Gasteiger partial charge in [-0.3, -0.25) is 9.80 Å². The molecule has 1 aromatic rings. The van der Waals surface area contributed by atoms with E-state index in [-0.39, 0.29) is 5.91 Å². The number of hydrazine groups is 1. The molecule has 1 aromatic carbocycles. The number of nitrogens with two attached hydrogens (primary N) is 1. The highest BCUT2D eigenvalue weighted by atomic mass is 16.6. The second-order valence-electron chi connectivity index (χ2n) is 5.35. The maximum atomic E-state index is 12.2. The number of ether oxygens (including phenoxy) is 2. The number of benzene rings is 1. The van der Waals surface area contributed by atoms with E-state index in [9.17, 15) is 4.79 Å². The molecule has 1 aliphatic rings. The number of hydrogen-bond acceptors (Lipinski definition) is 4. The molecule has 2 rings (SSSR count). The van der Waals surface area contributed by atoms with Crippen LogP contribution in [0.5, 0.6) is 11.5 Å². The lowest BCUT2D eigenvalue weighted by Crippen LogP contribution is -2.45. The number of fused-ring (bicyclic) bond motifs is 1. The van der Waals surface area contributed by atoms with E-state index in [0.717, 1.165) is 21.9 Å². The van der Waals surface area contributed by atoms with E-state index in [2.05, 4.69) is 0 Å². The van der Waals surface area contributed by atoms with E-state index in [0.29, 0.717) is 19.0 Å². The van der Waals surface area contributed by atoms with Crippen molar-refractivity contribution >= 4 is 5.91 Å². The summed E-state index contributed by atoms with van der Waals surface area (Å²) in [6, 6.07) is 3.79. The van der Waals surface area contributed by atoms with Crippen molar-refractivity contribution in [2.24, 2.45) is 5.84 Å². The summed E-state index contributed by atoms with van der Waals surface area (Å²) < 4.78 is 11.1. The van der Waals surface area contributed by atoms with Crippen LogP contribution in [0.3, 0.4) is 0 Å². The van der Waals surface area contributed by atoms with Gasteiger partial charge in [-0.1, -0.05) is 0 Å². The summed E-state index contributed by atoms with van der Waals surface area (Å²) in [7, 11) is 1.55. The van der Waals surface area contributed by atoms with Crippen molar-refractivity contribution in [1.82, 2.24) is 5.01 Å². The third-order valence-corrected chi connectivity index (χ3v) is 3.42. The van der Waals surface area contributed by atoms with Gasteiger partial charge in [0.1, 0.15) is 13.2 Å². The number of hydrogen-bond donors (Lipinski definition) is 1. The molecule has 0 atom stereocenters. The summed E-state index contributed by atoms with van der Waals surface area (Å²) in [5, 5.41) is 1.12. The first-order valence-electron chi connectivity index (χ1n) is 6.27. The van der Waals surface area contributed by atoms with Gasteiger partial charge in [0.15, 0.2) is 11.5 Å². The minimum atomic E-state index is -0.705. The molecule has 1 amide bonds. The molecule has 0 saturated carbocycles. The summed E-state index contributed by atoms with van der Waals surface area (Å²) in [4.78, 5) is 12.2. The number of carbonyl (C=O) groups is 1. The first-order chi connectivity index (χ1) is 8.84. The predicted octanol–water partition coefficient (Wildman–Crippen LogP) is 1.38. The van der Waals surface area contributed by atoms with Crippen LogP contribution < -0.4 is 15.3 Å². The molecular formula is C14H20N2O3. The zero-order chi connectivity index (χ0) is 14.2. The lowest BCUT2D eigenvalue weighted by atomic mass is 9.80. The Kier molecular flexibility index (Phi) is 3.41. The van der Waals surface area contributed by atoms with Gasteiger partial charge in [-0.25, -0.2) is 5.84 Å². The molecule has 104 valence electrons. The SMILES string of the molecule is Cc1cc2c(cc1C(C)(C)C(=O)N(C)N)OCCO2. The lowest BCUT2D eigenvalue weighted by Gasteiger charge is -2.30.